The molecule has 8 nitrogen and oxygen atoms in total. The van der Waals surface area contributed by atoms with Gasteiger partial charge in [0.15, 0.2) is 0 Å². The zero-order valence-corrected chi connectivity index (χ0v) is 17.7. The topological polar surface area (TPSA) is 127 Å². The summed E-state index contributed by atoms with van der Waals surface area (Å²) in [5.74, 6) is 4.82. The number of aliphatic carboxylic acids is 1. The van der Waals surface area contributed by atoms with Crippen LogP contribution >= 0.6 is 0 Å². The van der Waals surface area contributed by atoms with Crippen LogP contribution in [0.15, 0.2) is 73.1 Å². The number of nitrogen functional groups attached to an aromatic ring is 1. The molecule has 2 heterocycles. The molecular weight excluding hydrogens is 420 g/mol. The van der Waals surface area contributed by atoms with E-state index in [1.54, 1.807) is 24.5 Å². The molecule has 0 atom stereocenters. The second-order valence-corrected chi connectivity index (χ2v) is 7.37. The number of hydrogen-bond donors (Lipinski definition) is 3. The van der Waals surface area contributed by atoms with E-state index in [-0.39, 0.29) is 6.42 Å². The summed E-state index contributed by atoms with van der Waals surface area (Å²) in [5, 5.41) is 9.31. The van der Waals surface area contributed by atoms with E-state index in [2.05, 4.69) is 15.4 Å². The van der Waals surface area contributed by atoms with E-state index >= 15 is 0 Å². The first kappa shape index (κ1) is 21.9. The van der Waals surface area contributed by atoms with Crippen LogP contribution in [0.2, 0.25) is 0 Å². The molecule has 1 amide bonds. The maximum absolute atomic E-state index is 12.3. The van der Waals surface area contributed by atoms with Crippen LogP contribution in [0.1, 0.15) is 23.2 Å². The molecule has 0 saturated heterocycles. The Morgan fingerprint density at radius 1 is 0.970 bits per heavy atom. The predicted molar refractivity (Wildman–Crippen MR) is 124 cm³/mol. The first-order valence-corrected chi connectivity index (χ1v) is 10.4. The monoisotopic (exact) mass is 442 g/mol. The molecule has 2 aromatic heterocycles. The van der Waals surface area contributed by atoms with Crippen molar-refractivity contribution in [1.29, 1.82) is 0 Å². The summed E-state index contributed by atoms with van der Waals surface area (Å²) >= 11 is 0. The van der Waals surface area contributed by atoms with E-state index in [0.29, 0.717) is 40.9 Å². The summed E-state index contributed by atoms with van der Waals surface area (Å²) < 4.78 is 5.58. The second-order valence-electron chi connectivity index (χ2n) is 7.37. The van der Waals surface area contributed by atoms with Crippen LogP contribution < -0.4 is 16.0 Å². The summed E-state index contributed by atoms with van der Waals surface area (Å²) in [7, 11) is 0. The van der Waals surface area contributed by atoms with Crippen molar-refractivity contribution in [3.63, 3.8) is 0 Å². The van der Waals surface area contributed by atoms with Gasteiger partial charge in [0.05, 0.1) is 23.4 Å². The van der Waals surface area contributed by atoms with Gasteiger partial charge in [0.2, 0.25) is 0 Å². The maximum atomic E-state index is 12.3. The number of carbonyl (C=O) groups excluding carboxylic acids is 1. The number of fused-ring (bicyclic) bond motifs is 1. The molecule has 0 aliphatic rings. The maximum Gasteiger partial charge on any atom is 0.303 e. The predicted octanol–water partition coefficient (Wildman–Crippen LogP) is 3.81. The first-order valence-electron chi connectivity index (χ1n) is 10.4. The Labute approximate surface area is 190 Å². The van der Waals surface area contributed by atoms with Crippen molar-refractivity contribution in [2.75, 3.05) is 6.61 Å². The number of carboxylic acid groups (broad SMARTS) is 1. The number of aromatic nitrogens is 2. The van der Waals surface area contributed by atoms with Crippen LogP contribution in [-0.4, -0.2) is 33.6 Å². The lowest BCUT2D eigenvalue weighted by molar-refractivity contribution is -0.137. The third-order valence-corrected chi connectivity index (χ3v) is 5.16. The SMILES string of the molecule is NNC(=O)c1cc(-c2ccc(-c3ccc(OCCCC(=O)O)cc3)cc2)nc2ccncc12. The highest BCUT2D eigenvalue weighted by atomic mass is 16.5. The summed E-state index contributed by atoms with van der Waals surface area (Å²) in [6.07, 6.45) is 3.78. The highest BCUT2D eigenvalue weighted by Gasteiger charge is 2.13. The number of carbonyl (C=O) groups is 2. The van der Waals surface area contributed by atoms with Crippen molar-refractivity contribution in [3.05, 3.63) is 78.6 Å². The van der Waals surface area contributed by atoms with Gasteiger partial charge < -0.3 is 9.84 Å². The number of hydrogen-bond acceptors (Lipinski definition) is 6. The van der Waals surface area contributed by atoms with E-state index in [9.17, 15) is 9.59 Å². The lowest BCUT2D eigenvalue weighted by Crippen LogP contribution is -2.30. The van der Waals surface area contributed by atoms with E-state index in [1.165, 1.54) is 0 Å². The van der Waals surface area contributed by atoms with Crippen molar-refractivity contribution in [1.82, 2.24) is 15.4 Å². The van der Waals surface area contributed by atoms with Gasteiger partial charge in [-0.25, -0.2) is 10.8 Å². The number of amides is 1. The zero-order valence-electron chi connectivity index (χ0n) is 17.7. The number of benzene rings is 2. The molecule has 4 rings (SSSR count). The number of pyridine rings is 2. The summed E-state index contributed by atoms with van der Waals surface area (Å²) in [6, 6.07) is 19.0. The second kappa shape index (κ2) is 9.88. The average molecular weight is 442 g/mol. The molecule has 166 valence electrons. The molecule has 0 unspecified atom stereocenters. The number of rotatable bonds is 8. The molecule has 4 aromatic rings. The van der Waals surface area contributed by atoms with Crippen LogP contribution in [0.25, 0.3) is 33.3 Å². The van der Waals surface area contributed by atoms with Gasteiger partial charge >= 0.3 is 5.97 Å². The first-order chi connectivity index (χ1) is 16.0. The Bertz CT molecular complexity index is 1290. The van der Waals surface area contributed by atoms with Crippen molar-refractivity contribution < 1.29 is 19.4 Å². The molecular formula is C25H22N4O4. The summed E-state index contributed by atoms with van der Waals surface area (Å²) in [4.78, 5) is 31.6. The van der Waals surface area contributed by atoms with Crippen LogP contribution in [0.3, 0.4) is 0 Å². The van der Waals surface area contributed by atoms with Crippen molar-refractivity contribution in [3.8, 4) is 28.1 Å². The zero-order chi connectivity index (χ0) is 23.2. The Balaban J connectivity index is 1.53. The molecule has 8 heteroatoms. The van der Waals surface area contributed by atoms with Gasteiger partial charge in [-0.3, -0.25) is 20.0 Å². The van der Waals surface area contributed by atoms with E-state index < -0.39 is 11.9 Å². The van der Waals surface area contributed by atoms with Crippen molar-refractivity contribution in [2.24, 2.45) is 5.84 Å². The molecule has 0 saturated carbocycles. The third kappa shape index (κ3) is 5.13. The number of ether oxygens (including phenoxy) is 1. The molecule has 0 aliphatic heterocycles. The fourth-order valence-corrected chi connectivity index (χ4v) is 3.47. The minimum atomic E-state index is -0.827. The standard InChI is InChI=1S/C25H22N4O4/c26-29-25(32)20-14-23(28-22-11-12-27-15-21(20)22)18-5-3-16(4-6-18)17-7-9-19(10-8-17)33-13-1-2-24(30)31/h3-12,14-15H,1-2,13,26H2,(H,29,32)(H,30,31). The van der Waals surface area contributed by atoms with E-state index in [1.807, 2.05) is 48.5 Å². The summed E-state index contributed by atoms with van der Waals surface area (Å²) in [6.45, 7) is 0.360. The smallest absolute Gasteiger partial charge is 0.303 e. The minimum absolute atomic E-state index is 0.0891. The Morgan fingerprint density at radius 3 is 2.30 bits per heavy atom. The molecule has 0 radical (unpaired) electrons. The molecule has 0 fully saturated rings. The van der Waals surface area contributed by atoms with Gasteiger partial charge in [-0.1, -0.05) is 36.4 Å². The Hall–Kier alpha value is -4.30. The molecule has 2 aromatic carbocycles. The van der Waals surface area contributed by atoms with Crippen LogP contribution in [0.4, 0.5) is 0 Å². The van der Waals surface area contributed by atoms with E-state index in [4.69, 9.17) is 15.7 Å². The van der Waals surface area contributed by atoms with Crippen LogP contribution in [0.5, 0.6) is 5.75 Å². The number of carboxylic acids is 1. The van der Waals surface area contributed by atoms with Gasteiger partial charge in [-0.05, 0) is 41.8 Å². The lowest BCUT2D eigenvalue weighted by Gasteiger charge is -2.10. The van der Waals surface area contributed by atoms with Crippen molar-refractivity contribution in [2.45, 2.75) is 12.8 Å². The largest absolute Gasteiger partial charge is 0.494 e. The fraction of sp³-hybridized carbons (Fsp3) is 0.120. The Morgan fingerprint density at radius 2 is 1.64 bits per heavy atom. The molecule has 33 heavy (non-hydrogen) atoms. The van der Waals surface area contributed by atoms with E-state index in [0.717, 1.165) is 16.7 Å². The number of hydrazine groups is 1. The van der Waals surface area contributed by atoms with Gasteiger partial charge in [0.25, 0.3) is 5.91 Å². The van der Waals surface area contributed by atoms with Crippen LogP contribution in [0, 0.1) is 0 Å². The van der Waals surface area contributed by atoms with Gasteiger partial charge in [0.1, 0.15) is 5.75 Å². The fourth-order valence-electron chi connectivity index (χ4n) is 3.47. The highest BCUT2D eigenvalue weighted by molar-refractivity contribution is 6.06. The van der Waals surface area contributed by atoms with Crippen molar-refractivity contribution >= 4 is 22.8 Å². The van der Waals surface area contributed by atoms with Gasteiger partial charge in [-0.2, -0.15) is 0 Å². The third-order valence-electron chi connectivity index (χ3n) is 5.16. The normalized spacial score (nSPS) is 10.7. The quantitative estimate of drug-likeness (QED) is 0.164. The summed E-state index contributed by atoms with van der Waals surface area (Å²) in [5.41, 5.74) is 6.79. The Kier molecular flexibility index (Phi) is 6.56. The molecule has 0 spiro atoms. The minimum Gasteiger partial charge on any atom is -0.494 e. The van der Waals surface area contributed by atoms with Crippen LogP contribution in [-0.2, 0) is 4.79 Å². The highest BCUT2D eigenvalue weighted by Crippen LogP contribution is 2.28. The average Bonchev–Trinajstić information content (AvgIpc) is 2.86. The molecule has 0 bridgehead atoms. The number of nitrogens with zero attached hydrogens (tertiary/aromatic N) is 2. The van der Waals surface area contributed by atoms with Gasteiger partial charge in [0, 0.05) is 29.8 Å². The lowest BCUT2D eigenvalue weighted by atomic mass is 10.0. The molecule has 0 aliphatic carbocycles. The number of nitrogens with one attached hydrogen (secondary N) is 1. The van der Waals surface area contributed by atoms with Gasteiger partial charge in [-0.15, -0.1) is 0 Å². The number of nitrogens with two attached hydrogens (primary N) is 1. The molecule has 4 N–H and O–H groups in total.